The first-order valence-corrected chi connectivity index (χ1v) is 6.50. The van der Waals surface area contributed by atoms with Crippen molar-refractivity contribution >= 4 is 15.9 Å². The Kier molecular flexibility index (Phi) is 4.04. The fraction of sp³-hybridized carbons (Fsp3) is 0.308. The number of hydrogen-bond acceptors (Lipinski definition) is 3. The molecule has 1 heterocycles. The van der Waals surface area contributed by atoms with Gasteiger partial charge in [0, 0.05) is 27.8 Å². The molecule has 0 saturated heterocycles. The van der Waals surface area contributed by atoms with Gasteiger partial charge < -0.3 is 10.5 Å². The van der Waals surface area contributed by atoms with Crippen LogP contribution in [-0.4, -0.2) is 16.9 Å². The summed E-state index contributed by atoms with van der Waals surface area (Å²) in [7, 11) is 1.67. The molecule has 1 aromatic carbocycles. The molecule has 2 N–H and O–H groups in total. The zero-order valence-electron chi connectivity index (χ0n) is 10.4. The lowest BCUT2D eigenvalue weighted by Gasteiger charge is -2.09. The molecule has 96 valence electrons. The first-order chi connectivity index (χ1) is 8.60. The largest absolute Gasteiger partial charge is 0.496 e. The molecular formula is C13H16BrN3O. The molecule has 0 fully saturated rings. The monoisotopic (exact) mass is 309 g/mol. The van der Waals surface area contributed by atoms with Crippen LogP contribution in [0.5, 0.6) is 5.75 Å². The molecule has 5 heteroatoms. The van der Waals surface area contributed by atoms with Crippen LogP contribution >= 0.6 is 15.9 Å². The van der Waals surface area contributed by atoms with Crippen LogP contribution in [0.4, 0.5) is 0 Å². The molecule has 0 aliphatic carbocycles. The van der Waals surface area contributed by atoms with Crippen LogP contribution < -0.4 is 10.5 Å². The molecule has 0 amide bonds. The van der Waals surface area contributed by atoms with Crippen LogP contribution in [0.3, 0.4) is 0 Å². The van der Waals surface area contributed by atoms with Gasteiger partial charge in [-0.05, 0) is 25.1 Å². The summed E-state index contributed by atoms with van der Waals surface area (Å²) in [5.41, 5.74) is 7.92. The summed E-state index contributed by atoms with van der Waals surface area (Å²) in [4.78, 5) is 0. The van der Waals surface area contributed by atoms with E-state index >= 15 is 0 Å². The minimum absolute atomic E-state index is 0.00292. The second-order valence-electron chi connectivity index (χ2n) is 4.22. The van der Waals surface area contributed by atoms with Crippen molar-refractivity contribution in [3.8, 4) is 5.75 Å². The normalized spacial score (nSPS) is 12.4. The zero-order chi connectivity index (χ0) is 13.1. The molecule has 0 aliphatic heterocycles. The van der Waals surface area contributed by atoms with Gasteiger partial charge in [-0.3, -0.25) is 4.68 Å². The molecule has 0 bridgehead atoms. The maximum atomic E-state index is 5.82. The molecule has 1 atom stereocenters. The van der Waals surface area contributed by atoms with Crippen LogP contribution in [-0.2, 0) is 6.54 Å². The van der Waals surface area contributed by atoms with Crippen molar-refractivity contribution < 1.29 is 4.74 Å². The lowest BCUT2D eigenvalue weighted by atomic mass is 10.2. The maximum Gasteiger partial charge on any atom is 0.124 e. The van der Waals surface area contributed by atoms with E-state index in [0.717, 1.165) is 21.3 Å². The Labute approximate surface area is 115 Å². The van der Waals surface area contributed by atoms with E-state index in [1.807, 2.05) is 36.0 Å². The fourth-order valence-electron chi connectivity index (χ4n) is 1.75. The van der Waals surface area contributed by atoms with Crippen molar-refractivity contribution in [1.29, 1.82) is 0 Å². The second-order valence-corrected chi connectivity index (χ2v) is 5.13. The van der Waals surface area contributed by atoms with Gasteiger partial charge in [-0.15, -0.1) is 0 Å². The van der Waals surface area contributed by atoms with E-state index in [2.05, 4.69) is 21.0 Å². The second kappa shape index (κ2) is 5.54. The Bertz CT molecular complexity index is 537. The Hall–Kier alpha value is -1.33. The average molecular weight is 310 g/mol. The molecule has 1 aromatic heterocycles. The molecular weight excluding hydrogens is 294 g/mol. The Morgan fingerprint density at radius 2 is 2.28 bits per heavy atom. The number of ether oxygens (including phenoxy) is 1. The number of hydrogen-bond donors (Lipinski definition) is 1. The lowest BCUT2D eigenvalue weighted by Crippen LogP contribution is -2.04. The van der Waals surface area contributed by atoms with Crippen molar-refractivity contribution in [2.75, 3.05) is 7.11 Å². The molecule has 0 radical (unpaired) electrons. The van der Waals surface area contributed by atoms with Crippen molar-refractivity contribution in [1.82, 2.24) is 9.78 Å². The summed E-state index contributed by atoms with van der Waals surface area (Å²) in [5, 5.41) is 4.30. The van der Waals surface area contributed by atoms with Crippen LogP contribution in [0.25, 0.3) is 0 Å². The highest BCUT2D eigenvalue weighted by atomic mass is 79.9. The van der Waals surface area contributed by atoms with Crippen molar-refractivity contribution in [2.24, 2.45) is 5.73 Å². The van der Waals surface area contributed by atoms with Crippen LogP contribution in [0.15, 0.2) is 35.1 Å². The molecule has 18 heavy (non-hydrogen) atoms. The standard InChI is InChI=1S/C13H16BrN3O/c1-9(15)11-6-16-17(8-11)7-10-5-12(14)3-4-13(10)18-2/h3-6,8-9H,7,15H2,1-2H3. The summed E-state index contributed by atoms with van der Waals surface area (Å²) >= 11 is 3.46. The van der Waals surface area contributed by atoms with E-state index in [1.165, 1.54) is 0 Å². The average Bonchev–Trinajstić information content (AvgIpc) is 2.78. The Morgan fingerprint density at radius 1 is 1.50 bits per heavy atom. The number of methoxy groups -OCH3 is 1. The SMILES string of the molecule is COc1ccc(Br)cc1Cn1cc(C(C)N)cn1. The topological polar surface area (TPSA) is 53.1 Å². The predicted molar refractivity (Wildman–Crippen MR) is 74.6 cm³/mol. The molecule has 4 nitrogen and oxygen atoms in total. The van der Waals surface area contributed by atoms with E-state index in [0.29, 0.717) is 6.54 Å². The van der Waals surface area contributed by atoms with Gasteiger partial charge in [-0.25, -0.2) is 0 Å². The smallest absolute Gasteiger partial charge is 0.124 e. The number of benzene rings is 1. The van der Waals surface area contributed by atoms with E-state index < -0.39 is 0 Å². The molecule has 0 aliphatic rings. The predicted octanol–water partition coefficient (Wildman–Crippen LogP) is 2.72. The van der Waals surface area contributed by atoms with Gasteiger partial charge in [0.15, 0.2) is 0 Å². The Morgan fingerprint density at radius 3 is 2.89 bits per heavy atom. The quantitative estimate of drug-likeness (QED) is 0.944. The maximum absolute atomic E-state index is 5.82. The third-order valence-electron chi connectivity index (χ3n) is 2.75. The van der Waals surface area contributed by atoms with Gasteiger partial charge in [0.25, 0.3) is 0 Å². The van der Waals surface area contributed by atoms with Crippen molar-refractivity contribution in [3.05, 3.63) is 46.2 Å². The zero-order valence-corrected chi connectivity index (χ0v) is 12.0. The molecule has 0 saturated carbocycles. The van der Waals surface area contributed by atoms with E-state index in [4.69, 9.17) is 10.5 Å². The van der Waals surface area contributed by atoms with Gasteiger partial charge in [-0.2, -0.15) is 5.10 Å². The van der Waals surface area contributed by atoms with Crippen molar-refractivity contribution in [3.63, 3.8) is 0 Å². The highest BCUT2D eigenvalue weighted by molar-refractivity contribution is 9.10. The van der Waals surface area contributed by atoms with E-state index in [9.17, 15) is 0 Å². The highest BCUT2D eigenvalue weighted by Gasteiger charge is 2.07. The number of halogens is 1. The van der Waals surface area contributed by atoms with Gasteiger partial charge in [0.1, 0.15) is 5.75 Å². The summed E-state index contributed by atoms with van der Waals surface area (Å²) < 4.78 is 8.23. The van der Waals surface area contributed by atoms with Crippen molar-refractivity contribution in [2.45, 2.75) is 19.5 Å². The van der Waals surface area contributed by atoms with E-state index in [-0.39, 0.29) is 6.04 Å². The minimum atomic E-state index is 0.00292. The number of nitrogens with zero attached hydrogens (tertiary/aromatic N) is 2. The number of aromatic nitrogens is 2. The van der Waals surface area contributed by atoms with Gasteiger partial charge in [0.2, 0.25) is 0 Å². The molecule has 0 spiro atoms. The van der Waals surface area contributed by atoms with E-state index in [1.54, 1.807) is 13.3 Å². The summed E-state index contributed by atoms with van der Waals surface area (Å²) in [6.07, 6.45) is 3.76. The number of rotatable bonds is 4. The van der Waals surface area contributed by atoms with Crippen LogP contribution in [0.1, 0.15) is 24.1 Å². The fourth-order valence-corrected chi connectivity index (χ4v) is 2.15. The van der Waals surface area contributed by atoms with Gasteiger partial charge in [0.05, 0.1) is 19.9 Å². The highest BCUT2D eigenvalue weighted by Crippen LogP contribution is 2.23. The third kappa shape index (κ3) is 2.91. The summed E-state index contributed by atoms with van der Waals surface area (Å²) in [6, 6.07) is 5.93. The molecule has 2 aromatic rings. The summed E-state index contributed by atoms with van der Waals surface area (Å²) in [5.74, 6) is 0.857. The van der Waals surface area contributed by atoms with Crippen LogP contribution in [0.2, 0.25) is 0 Å². The first kappa shape index (κ1) is 13.1. The van der Waals surface area contributed by atoms with Crippen LogP contribution in [0, 0.1) is 0 Å². The number of nitrogens with two attached hydrogens (primary N) is 1. The summed E-state index contributed by atoms with van der Waals surface area (Å²) in [6.45, 7) is 2.61. The molecule has 2 rings (SSSR count). The van der Waals surface area contributed by atoms with Gasteiger partial charge >= 0.3 is 0 Å². The molecule has 1 unspecified atom stereocenters. The first-order valence-electron chi connectivity index (χ1n) is 5.70. The Balaban J connectivity index is 2.24. The lowest BCUT2D eigenvalue weighted by molar-refractivity contribution is 0.407. The third-order valence-corrected chi connectivity index (χ3v) is 3.25. The van der Waals surface area contributed by atoms with Gasteiger partial charge in [-0.1, -0.05) is 15.9 Å². The minimum Gasteiger partial charge on any atom is -0.496 e.